The van der Waals surface area contributed by atoms with E-state index in [9.17, 15) is 24.3 Å². The quantitative estimate of drug-likeness (QED) is 0.492. The smallest absolute Gasteiger partial charge is 0.328 e. The second-order valence-electron chi connectivity index (χ2n) is 5.85. The number of aryl methyl sites for hydroxylation is 1. The molecule has 1 atom stereocenters. The molecule has 1 aromatic heterocycles. The number of aliphatic hydroxyl groups excluding tert-OH is 1. The highest BCUT2D eigenvalue weighted by Crippen LogP contribution is 2.09. The SMILES string of the molecule is Cc1cn(CC(=O)N[C@@H](CO)C(=O)NCc2ccc(Cl)cc2)c(=O)[nH]c1=O. The van der Waals surface area contributed by atoms with Gasteiger partial charge < -0.3 is 15.7 Å². The summed E-state index contributed by atoms with van der Waals surface area (Å²) < 4.78 is 1.01. The minimum atomic E-state index is -1.18. The number of H-pyrrole nitrogens is 1. The van der Waals surface area contributed by atoms with Gasteiger partial charge in [0.15, 0.2) is 0 Å². The number of halogens is 1. The standard InChI is InChI=1S/C17H19ClN4O5/c1-10-7-22(17(27)21-15(10)25)8-14(24)20-13(9-23)16(26)19-6-11-2-4-12(18)5-3-11/h2-5,7,13,23H,6,8-9H2,1H3,(H,19,26)(H,20,24)(H,21,25,27)/t13-/m0/s1. The maximum Gasteiger partial charge on any atom is 0.328 e. The van der Waals surface area contributed by atoms with Gasteiger partial charge in [0.25, 0.3) is 5.56 Å². The number of rotatable bonds is 7. The van der Waals surface area contributed by atoms with Crippen LogP contribution in [0.2, 0.25) is 5.02 Å². The number of carbonyl (C=O) groups is 2. The normalized spacial score (nSPS) is 11.7. The van der Waals surface area contributed by atoms with E-state index in [0.29, 0.717) is 5.02 Å². The number of hydrogen-bond donors (Lipinski definition) is 4. The van der Waals surface area contributed by atoms with Gasteiger partial charge in [-0.2, -0.15) is 0 Å². The molecular formula is C17H19ClN4O5. The minimum Gasteiger partial charge on any atom is -0.394 e. The van der Waals surface area contributed by atoms with Crippen molar-refractivity contribution in [1.82, 2.24) is 20.2 Å². The molecule has 0 saturated carbocycles. The molecule has 2 amide bonds. The van der Waals surface area contributed by atoms with E-state index in [1.807, 2.05) is 0 Å². The molecule has 0 radical (unpaired) electrons. The van der Waals surface area contributed by atoms with Crippen molar-refractivity contribution in [1.29, 1.82) is 0 Å². The van der Waals surface area contributed by atoms with E-state index in [1.165, 1.54) is 13.1 Å². The molecular weight excluding hydrogens is 376 g/mol. The van der Waals surface area contributed by atoms with Crippen LogP contribution in [0.25, 0.3) is 0 Å². The van der Waals surface area contributed by atoms with Gasteiger partial charge in [0, 0.05) is 23.3 Å². The highest BCUT2D eigenvalue weighted by Gasteiger charge is 2.20. The molecule has 27 heavy (non-hydrogen) atoms. The van der Waals surface area contributed by atoms with E-state index >= 15 is 0 Å². The third kappa shape index (κ3) is 5.80. The molecule has 2 rings (SSSR count). The summed E-state index contributed by atoms with van der Waals surface area (Å²) in [6, 6.07) is 5.65. The fraction of sp³-hybridized carbons (Fsp3) is 0.294. The maximum absolute atomic E-state index is 12.1. The van der Waals surface area contributed by atoms with Crippen molar-refractivity contribution >= 4 is 23.4 Å². The van der Waals surface area contributed by atoms with Crippen LogP contribution < -0.4 is 21.9 Å². The number of hydrogen-bond acceptors (Lipinski definition) is 5. The zero-order valence-corrected chi connectivity index (χ0v) is 15.2. The number of aromatic nitrogens is 2. The third-order valence-electron chi connectivity index (χ3n) is 3.72. The van der Waals surface area contributed by atoms with Crippen LogP contribution in [0.3, 0.4) is 0 Å². The summed E-state index contributed by atoms with van der Waals surface area (Å²) in [5.74, 6) is -1.24. The Morgan fingerprint density at radius 2 is 1.93 bits per heavy atom. The fourth-order valence-corrected chi connectivity index (χ4v) is 2.37. The molecule has 10 heteroatoms. The number of nitrogens with one attached hydrogen (secondary N) is 3. The van der Waals surface area contributed by atoms with Gasteiger partial charge >= 0.3 is 5.69 Å². The highest BCUT2D eigenvalue weighted by atomic mass is 35.5. The van der Waals surface area contributed by atoms with E-state index < -0.39 is 42.3 Å². The first-order chi connectivity index (χ1) is 12.8. The molecule has 144 valence electrons. The number of amides is 2. The summed E-state index contributed by atoms with van der Waals surface area (Å²) >= 11 is 5.79. The van der Waals surface area contributed by atoms with Gasteiger partial charge in [0.2, 0.25) is 11.8 Å². The van der Waals surface area contributed by atoms with E-state index in [2.05, 4.69) is 15.6 Å². The average Bonchev–Trinajstić information content (AvgIpc) is 2.63. The van der Waals surface area contributed by atoms with Crippen LogP contribution in [0.15, 0.2) is 40.1 Å². The predicted molar refractivity (Wildman–Crippen MR) is 98.4 cm³/mol. The average molecular weight is 395 g/mol. The first-order valence-electron chi connectivity index (χ1n) is 8.03. The van der Waals surface area contributed by atoms with Crippen molar-refractivity contribution in [3.05, 3.63) is 67.4 Å². The Hall–Kier alpha value is -2.91. The van der Waals surface area contributed by atoms with Crippen molar-refractivity contribution in [2.45, 2.75) is 26.1 Å². The van der Waals surface area contributed by atoms with Crippen molar-refractivity contribution < 1.29 is 14.7 Å². The predicted octanol–water partition coefficient (Wildman–Crippen LogP) is -0.708. The van der Waals surface area contributed by atoms with E-state index in [-0.39, 0.29) is 12.1 Å². The lowest BCUT2D eigenvalue weighted by molar-refractivity contribution is -0.130. The number of nitrogens with zero attached hydrogens (tertiary/aromatic N) is 1. The Morgan fingerprint density at radius 3 is 2.56 bits per heavy atom. The summed E-state index contributed by atoms with van der Waals surface area (Å²) in [4.78, 5) is 49.3. The van der Waals surface area contributed by atoms with Crippen LogP contribution >= 0.6 is 11.6 Å². The Kier molecular flexibility index (Phi) is 6.91. The van der Waals surface area contributed by atoms with Crippen molar-refractivity contribution in [3.8, 4) is 0 Å². The van der Waals surface area contributed by atoms with E-state index in [4.69, 9.17) is 11.6 Å². The first kappa shape index (κ1) is 20.4. The largest absolute Gasteiger partial charge is 0.394 e. The lowest BCUT2D eigenvalue weighted by atomic mass is 10.2. The molecule has 0 fully saturated rings. The summed E-state index contributed by atoms with van der Waals surface area (Å²) in [5.41, 5.74) is -0.215. The highest BCUT2D eigenvalue weighted by molar-refractivity contribution is 6.30. The summed E-state index contributed by atoms with van der Waals surface area (Å²) in [5, 5.41) is 14.9. The van der Waals surface area contributed by atoms with E-state index in [0.717, 1.165) is 10.1 Å². The molecule has 0 aliphatic heterocycles. The summed E-state index contributed by atoms with van der Waals surface area (Å²) in [6.45, 7) is 0.670. The zero-order chi connectivity index (χ0) is 20.0. The Morgan fingerprint density at radius 1 is 1.26 bits per heavy atom. The Labute approximate surface area is 159 Å². The number of aliphatic hydroxyl groups is 1. The molecule has 1 aromatic carbocycles. The van der Waals surface area contributed by atoms with Crippen molar-refractivity contribution in [2.24, 2.45) is 0 Å². The zero-order valence-electron chi connectivity index (χ0n) is 14.5. The molecule has 0 spiro atoms. The lowest BCUT2D eigenvalue weighted by Gasteiger charge is -2.16. The van der Waals surface area contributed by atoms with Crippen LogP contribution in [0.4, 0.5) is 0 Å². The summed E-state index contributed by atoms with van der Waals surface area (Å²) in [6.07, 6.45) is 1.25. The number of carbonyl (C=O) groups excluding carboxylic acids is 2. The number of benzene rings is 1. The maximum atomic E-state index is 12.1. The molecule has 9 nitrogen and oxygen atoms in total. The Balaban J connectivity index is 1.94. The lowest BCUT2D eigenvalue weighted by Crippen LogP contribution is -2.50. The molecule has 0 unspecified atom stereocenters. The van der Waals surface area contributed by atoms with Crippen molar-refractivity contribution in [2.75, 3.05) is 6.61 Å². The van der Waals surface area contributed by atoms with Crippen molar-refractivity contribution in [3.63, 3.8) is 0 Å². The van der Waals surface area contributed by atoms with Gasteiger partial charge in [0.1, 0.15) is 12.6 Å². The third-order valence-corrected chi connectivity index (χ3v) is 3.97. The van der Waals surface area contributed by atoms with Crippen LogP contribution in [-0.2, 0) is 22.7 Å². The van der Waals surface area contributed by atoms with Gasteiger partial charge in [-0.05, 0) is 24.6 Å². The van der Waals surface area contributed by atoms with Gasteiger partial charge in [-0.15, -0.1) is 0 Å². The monoisotopic (exact) mass is 394 g/mol. The van der Waals surface area contributed by atoms with Gasteiger partial charge in [0.05, 0.1) is 6.61 Å². The fourth-order valence-electron chi connectivity index (χ4n) is 2.24. The molecule has 0 saturated heterocycles. The van der Waals surface area contributed by atoms with Crippen LogP contribution in [-0.4, -0.2) is 39.1 Å². The minimum absolute atomic E-state index is 0.195. The van der Waals surface area contributed by atoms with Gasteiger partial charge in [-0.25, -0.2) is 4.79 Å². The summed E-state index contributed by atoms with van der Waals surface area (Å²) in [7, 11) is 0. The van der Waals surface area contributed by atoms with Crippen LogP contribution in [0, 0.1) is 6.92 Å². The second kappa shape index (κ2) is 9.15. The molecule has 2 aromatic rings. The molecule has 0 bridgehead atoms. The first-order valence-corrected chi connectivity index (χ1v) is 8.40. The van der Waals surface area contributed by atoms with Crippen LogP contribution in [0.5, 0.6) is 0 Å². The Bertz CT molecular complexity index is 936. The second-order valence-corrected chi connectivity index (χ2v) is 6.28. The molecule has 0 aliphatic rings. The molecule has 0 aliphatic carbocycles. The van der Waals surface area contributed by atoms with Gasteiger partial charge in [-0.3, -0.25) is 23.9 Å². The van der Waals surface area contributed by atoms with E-state index in [1.54, 1.807) is 24.3 Å². The number of aromatic amines is 1. The van der Waals surface area contributed by atoms with Crippen LogP contribution in [0.1, 0.15) is 11.1 Å². The van der Waals surface area contributed by atoms with Gasteiger partial charge in [-0.1, -0.05) is 23.7 Å². The molecule has 1 heterocycles. The topological polar surface area (TPSA) is 133 Å². The molecule has 4 N–H and O–H groups in total.